The number of nitrogens with zero attached hydrogens (tertiary/aromatic N) is 2. The molecule has 0 saturated heterocycles. The van der Waals surface area contributed by atoms with Crippen molar-refractivity contribution in [1.29, 1.82) is 0 Å². The lowest BCUT2D eigenvalue weighted by molar-refractivity contribution is 0.302. The maximum Gasteiger partial charge on any atom is 0.0945 e. The quantitative estimate of drug-likeness (QED) is 0.681. The largest absolute Gasteiger partial charge is 0.337 e. The van der Waals surface area contributed by atoms with Gasteiger partial charge in [0.25, 0.3) is 0 Å². The third-order valence-electron chi connectivity index (χ3n) is 3.47. The second kappa shape index (κ2) is 6.83. The summed E-state index contributed by atoms with van der Waals surface area (Å²) in [5, 5.41) is 0. The van der Waals surface area contributed by atoms with Crippen molar-refractivity contribution >= 4 is 0 Å². The third-order valence-corrected chi connectivity index (χ3v) is 3.47. The molecular weight excluding hydrogens is 208 g/mol. The summed E-state index contributed by atoms with van der Waals surface area (Å²) in [6.45, 7) is 10.5. The van der Waals surface area contributed by atoms with Gasteiger partial charge in [-0.1, -0.05) is 34.1 Å². The third kappa shape index (κ3) is 6.50. The van der Waals surface area contributed by atoms with Gasteiger partial charge in [0, 0.05) is 18.9 Å². The molecule has 0 N–H and O–H groups in total. The number of hydrogen-bond acceptors (Lipinski definition) is 1. The van der Waals surface area contributed by atoms with Crippen molar-refractivity contribution in [3.63, 3.8) is 0 Å². The predicted octanol–water partition coefficient (Wildman–Crippen LogP) is 4.52. The Balaban J connectivity index is 2.18. The Bertz CT molecular complexity index is 282. The molecule has 17 heavy (non-hydrogen) atoms. The van der Waals surface area contributed by atoms with Gasteiger partial charge in [0.05, 0.1) is 6.33 Å². The van der Waals surface area contributed by atoms with Gasteiger partial charge in [-0.3, -0.25) is 0 Å². The minimum absolute atomic E-state index is 0.484. The smallest absolute Gasteiger partial charge is 0.0945 e. The molecule has 2 nitrogen and oxygen atoms in total. The van der Waals surface area contributed by atoms with Crippen LogP contribution in [0.2, 0.25) is 0 Å². The van der Waals surface area contributed by atoms with Crippen LogP contribution >= 0.6 is 0 Å². The van der Waals surface area contributed by atoms with Crippen LogP contribution in [-0.4, -0.2) is 9.55 Å². The lowest BCUT2D eigenvalue weighted by Gasteiger charge is -2.22. The van der Waals surface area contributed by atoms with E-state index in [9.17, 15) is 0 Å². The summed E-state index contributed by atoms with van der Waals surface area (Å²) < 4.78 is 2.18. The van der Waals surface area contributed by atoms with Gasteiger partial charge in [0.15, 0.2) is 0 Å². The maximum atomic E-state index is 4.07. The number of aryl methyl sites for hydroxylation is 1. The Morgan fingerprint density at radius 2 is 2.00 bits per heavy atom. The van der Waals surface area contributed by atoms with Crippen LogP contribution in [0.3, 0.4) is 0 Å². The second-order valence-corrected chi connectivity index (χ2v) is 6.32. The minimum atomic E-state index is 0.484. The Hall–Kier alpha value is -0.790. The van der Waals surface area contributed by atoms with E-state index in [1.807, 2.05) is 12.5 Å². The number of aromatic nitrogens is 2. The van der Waals surface area contributed by atoms with E-state index in [2.05, 4.69) is 43.4 Å². The van der Waals surface area contributed by atoms with Crippen LogP contribution in [0.5, 0.6) is 0 Å². The molecule has 98 valence electrons. The first-order valence-electron chi connectivity index (χ1n) is 6.97. The Morgan fingerprint density at radius 1 is 1.24 bits per heavy atom. The summed E-state index contributed by atoms with van der Waals surface area (Å²) in [6, 6.07) is 0. The van der Waals surface area contributed by atoms with Crippen molar-refractivity contribution in [2.24, 2.45) is 11.3 Å². The highest BCUT2D eigenvalue weighted by atomic mass is 15.0. The van der Waals surface area contributed by atoms with E-state index in [0.29, 0.717) is 5.41 Å². The van der Waals surface area contributed by atoms with Crippen LogP contribution in [0.15, 0.2) is 18.7 Å². The summed E-state index contributed by atoms with van der Waals surface area (Å²) in [4.78, 5) is 4.07. The zero-order valence-electron chi connectivity index (χ0n) is 11.9. The molecule has 2 heteroatoms. The molecule has 0 bridgehead atoms. The van der Waals surface area contributed by atoms with Crippen LogP contribution in [0, 0.1) is 11.3 Å². The van der Waals surface area contributed by atoms with Gasteiger partial charge in [-0.2, -0.15) is 0 Å². The summed E-state index contributed by atoms with van der Waals surface area (Å²) in [5.74, 6) is 0.901. The Kier molecular flexibility index (Phi) is 5.73. The highest BCUT2D eigenvalue weighted by Gasteiger charge is 2.13. The Morgan fingerprint density at radius 3 is 2.53 bits per heavy atom. The number of hydrogen-bond donors (Lipinski definition) is 0. The molecule has 0 fully saturated rings. The van der Waals surface area contributed by atoms with Gasteiger partial charge in [-0.05, 0) is 37.0 Å². The molecule has 0 saturated carbocycles. The molecular formula is C15H28N2. The topological polar surface area (TPSA) is 17.8 Å². The van der Waals surface area contributed by atoms with Crippen molar-refractivity contribution in [2.45, 2.75) is 66.3 Å². The first-order chi connectivity index (χ1) is 8.01. The minimum Gasteiger partial charge on any atom is -0.337 e. The molecule has 0 aliphatic rings. The predicted molar refractivity (Wildman–Crippen MR) is 73.9 cm³/mol. The van der Waals surface area contributed by atoms with E-state index < -0.39 is 0 Å². The summed E-state index contributed by atoms with van der Waals surface area (Å²) >= 11 is 0. The standard InChI is InChI=1S/C15H28N2/c1-5-14(8-9-15(2,3)4)7-6-11-17-12-10-16-13-17/h10,12-14H,5-9,11H2,1-4H3/t14-/m1/s1. The summed E-state index contributed by atoms with van der Waals surface area (Å²) in [5.41, 5.74) is 0.484. The molecule has 0 aliphatic carbocycles. The molecule has 0 unspecified atom stereocenters. The van der Waals surface area contributed by atoms with Gasteiger partial charge in [0.1, 0.15) is 0 Å². The van der Waals surface area contributed by atoms with Crippen LogP contribution < -0.4 is 0 Å². The van der Waals surface area contributed by atoms with Crippen LogP contribution in [0.1, 0.15) is 59.8 Å². The van der Waals surface area contributed by atoms with E-state index in [1.54, 1.807) is 0 Å². The van der Waals surface area contributed by atoms with E-state index in [4.69, 9.17) is 0 Å². The second-order valence-electron chi connectivity index (χ2n) is 6.32. The van der Waals surface area contributed by atoms with Gasteiger partial charge in [0.2, 0.25) is 0 Å². The fourth-order valence-corrected chi connectivity index (χ4v) is 2.17. The zero-order valence-corrected chi connectivity index (χ0v) is 11.9. The molecule has 1 aromatic rings. The lowest BCUT2D eigenvalue weighted by atomic mass is 9.84. The van der Waals surface area contributed by atoms with Crippen molar-refractivity contribution in [1.82, 2.24) is 9.55 Å². The molecule has 0 radical (unpaired) electrons. The van der Waals surface area contributed by atoms with E-state index >= 15 is 0 Å². The average Bonchev–Trinajstić information content (AvgIpc) is 2.74. The normalized spacial score (nSPS) is 13.9. The van der Waals surface area contributed by atoms with Crippen LogP contribution in [0.4, 0.5) is 0 Å². The molecule has 1 rings (SSSR count). The maximum absolute atomic E-state index is 4.07. The van der Waals surface area contributed by atoms with Gasteiger partial charge < -0.3 is 4.57 Å². The molecule has 0 aliphatic heterocycles. The number of rotatable bonds is 7. The van der Waals surface area contributed by atoms with Crippen molar-refractivity contribution in [3.8, 4) is 0 Å². The molecule has 1 atom stereocenters. The van der Waals surface area contributed by atoms with Crippen LogP contribution in [-0.2, 0) is 6.54 Å². The van der Waals surface area contributed by atoms with E-state index in [0.717, 1.165) is 12.5 Å². The summed E-state index contributed by atoms with van der Waals surface area (Å²) in [6.07, 6.45) is 12.5. The fourth-order valence-electron chi connectivity index (χ4n) is 2.17. The van der Waals surface area contributed by atoms with Gasteiger partial charge in [-0.15, -0.1) is 0 Å². The molecule has 0 amide bonds. The van der Waals surface area contributed by atoms with Crippen molar-refractivity contribution < 1.29 is 0 Å². The highest BCUT2D eigenvalue weighted by molar-refractivity contribution is 4.74. The fraction of sp³-hybridized carbons (Fsp3) is 0.800. The monoisotopic (exact) mass is 236 g/mol. The van der Waals surface area contributed by atoms with Crippen LogP contribution in [0.25, 0.3) is 0 Å². The lowest BCUT2D eigenvalue weighted by Crippen LogP contribution is -2.09. The molecule has 0 aromatic carbocycles. The SMILES string of the molecule is CC[C@H](CCCn1ccnc1)CCC(C)(C)C. The zero-order chi connectivity index (χ0) is 12.7. The average molecular weight is 236 g/mol. The first-order valence-corrected chi connectivity index (χ1v) is 6.97. The van der Waals surface area contributed by atoms with E-state index in [-0.39, 0.29) is 0 Å². The van der Waals surface area contributed by atoms with Gasteiger partial charge >= 0.3 is 0 Å². The Labute approximate surface area is 106 Å². The van der Waals surface area contributed by atoms with E-state index in [1.165, 1.54) is 32.1 Å². The molecule has 1 aromatic heterocycles. The van der Waals surface area contributed by atoms with Crippen molar-refractivity contribution in [3.05, 3.63) is 18.7 Å². The molecule has 1 heterocycles. The molecule has 0 spiro atoms. The number of imidazole rings is 1. The van der Waals surface area contributed by atoms with Crippen molar-refractivity contribution in [2.75, 3.05) is 0 Å². The summed E-state index contributed by atoms with van der Waals surface area (Å²) in [7, 11) is 0. The van der Waals surface area contributed by atoms with Gasteiger partial charge in [-0.25, -0.2) is 4.98 Å². The first kappa shape index (κ1) is 14.3. The highest BCUT2D eigenvalue weighted by Crippen LogP contribution is 2.27.